The van der Waals surface area contributed by atoms with Crippen molar-refractivity contribution in [2.24, 2.45) is 22.1 Å². The number of nitrogens with two attached hydrogens (primary N) is 1. The lowest BCUT2D eigenvalue weighted by atomic mass is 9.95. The quantitative estimate of drug-likeness (QED) is 0.102. The van der Waals surface area contributed by atoms with E-state index < -0.39 is 11.5 Å². The third-order valence-corrected chi connectivity index (χ3v) is 7.96. The number of nitrogens with zero attached hydrogens (tertiary/aromatic N) is 3. The number of nitrogens with one attached hydrogen (secondary N) is 2. The van der Waals surface area contributed by atoms with Crippen molar-refractivity contribution in [3.63, 3.8) is 0 Å². The highest BCUT2D eigenvalue weighted by Crippen LogP contribution is 2.31. The van der Waals surface area contributed by atoms with Gasteiger partial charge in [-0.05, 0) is 62.3 Å². The standard InChI is InChI=1S/C34H54N6O4/c1-7-13-15-24(10-4)22-40(23-25(11-5)16-14-8-2)33(42)26-17-19-27(20-18-26)38-39-30-29(36-21-9-3)28(34(43)44-12-6)31(35)37-32(30)41/h17-20,24-25H,7-16,21-23H2,1-6H3,(H4,35,36,37,41). The summed E-state index contributed by atoms with van der Waals surface area (Å²) in [4.78, 5) is 43.8. The molecule has 0 aliphatic rings. The number of H-pyrrole nitrogens is 1. The van der Waals surface area contributed by atoms with E-state index in [0.717, 1.165) is 58.0 Å². The average molecular weight is 611 g/mol. The number of rotatable bonds is 20. The number of carbonyl (C=O) groups excluding carboxylic acids is 2. The van der Waals surface area contributed by atoms with Crippen LogP contribution in [0.1, 0.15) is 120 Å². The molecule has 1 aromatic carbocycles. The van der Waals surface area contributed by atoms with Gasteiger partial charge in [0.15, 0.2) is 5.69 Å². The van der Waals surface area contributed by atoms with Crippen molar-refractivity contribution in [1.82, 2.24) is 9.88 Å². The Hall–Kier alpha value is -3.69. The minimum atomic E-state index is -0.663. The smallest absolute Gasteiger partial charge is 0.344 e. The van der Waals surface area contributed by atoms with E-state index in [0.29, 0.717) is 29.6 Å². The predicted octanol–water partition coefficient (Wildman–Crippen LogP) is 8.25. The number of amides is 1. The second-order valence-electron chi connectivity index (χ2n) is 11.4. The van der Waals surface area contributed by atoms with Gasteiger partial charge in [-0.3, -0.25) is 9.59 Å². The van der Waals surface area contributed by atoms with Crippen LogP contribution in [0.2, 0.25) is 0 Å². The van der Waals surface area contributed by atoms with E-state index in [9.17, 15) is 14.4 Å². The molecule has 0 bridgehead atoms. The predicted molar refractivity (Wildman–Crippen MR) is 179 cm³/mol. The van der Waals surface area contributed by atoms with Crippen molar-refractivity contribution in [1.29, 1.82) is 0 Å². The van der Waals surface area contributed by atoms with Crippen molar-refractivity contribution >= 4 is 34.8 Å². The van der Waals surface area contributed by atoms with Gasteiger partial charge < -0.3 is 25.7 Å². The summed E-state index contributed by atoms with van der Waals surface area (Å²) in [7, 11) is 0. The molecular weight excluding hydrogens is 556 g/mol. The maximum absolute atomic E-state index is 13.8. The summed E-state index contributed by atoms with van der Waals surface area (Å²) < 4.78 is 5.15. The maximum atomic E-state index is 13.8. The van der Waals surface area contributed by atoms with E-state index in [1.165, 1.54) is 12.8 Å². The zero-order chi connectivity index (χ0) is 32.5. The van der Waals surface area contributed by atoms with Crippen LogP contribution >= 0.6 is 0 Å². The fourth-order valence-corrected chi connectivity index (χ4v) is 5.20. The molecule has 0 aliphatic carbocycles. The minimum absolute atomic E-state index is 0.0172. The lowest BCUT2D eigenvalue weighted by Crippen LogP contribution is -2.39. The van der Waals surface area contributed by atoms with E-state index in [1.807, 2.05) is 6.92 Å². The summed E-state index contributed by atoms with van der Waals surface area (Å²) in [6.07, 6.45) is 9.72. The van der Waals surface area contributed by atoms with Crippen LogP contribution in [0.5, 0.6) is 0 Å². The molecule has 1 heterocycles. The van der Waals surface area contributed by atoms with Gasteiger partial charge in [-0.25, -0.2) is 4.79 Å². The highest BCUT2D eigenvalue weighted by Gasteiger charge is 2.24. The molecule has 0 aliphatic heterocycles. The Morgan fingerprint density at radius 2 is 1.50 bits per heavy atom. The van der Waals surface area contributed by atoms with Crippen LogP contribution < -0.4 is 16.6 Å². The Balaban J connectivity index is 2.37. The van der Waals surface area contributed by atoms with Crippen molar-refractivity contribution in [3.8, 4) is 0 Å². The van der Waals surface area contributed by atoms with Gasteiger partial charge in [-0.15, -0.1) is 5.11 Å². The summed E-state index contributed by atoms with van der Waals surface area (Å²) in [6, 6.07) is 6.96. The molecule has 2 atom stereocenters. The first kappa shape index (κ1) is 36.5. The fraction of sp³-hybridized carbons (Fsp3) is 0.618. The monoisotopic (exact) mass is 610 g/mol. The van der Waals surface area contributed by atoms with Crippen LogP contribution in [0, 0.1) is 11.8 Å². The van der Waals surface area contributed by atoms with Crippen LogP contribution in [-0.2, 0) is 4.74 Å². The number of hydrogen-bond donors (Lipinski definition) is 3. The second-order valence-corrected chi connectivity index (χ2v) is 11.4. The summed E-state index contributed by atoms with van der Waals surface area (Å²) in [5.41, 5.74) is 6.60. The van der Waals surface area contributed by atoms with Crippen LogP contribution in [0.4, 0.5) is 22.9 Å². The number of benzene rings is 1. The van der Waals surface area contributed by atoms with Gasteiger partial charge in [0, 0.05) is 25.2 Å². The number of aromatic nitrogens is 1. The summed E-state index contributed by atoms with van der Waals surface area (Å²) in [5.74, 6) is 0.216. The number of aromatic amines is 1. The molecule has 0 fully saturated rings. The van der Waals surface area contributed by atoms with Gasteiger partial charge in [0.25, 0.3) is 11.5 Å². The Morgan fingerprint density at radius 1 is 0.909 bits per heavy atom. The highest BCUT2D eigenvalue weighted by atomic mass is 16.5. The first-order chi connectivity index (χ1) is 21.2. The molecule has 1 aromatic heterocycles. The largest absolute Gasteiger partial charge is 0.462 e. The van der Waals surface area contributed by atoms with Crippen LogP contribution in [0.25, 0.3) is 0 Å². The number of pyridine rings is 1. The Bertz CT molecular complexity index is 1240. The zero-order valence-corrected chi connectivity index (χ0v) is 27.7. The summed E-state index contributed by atoms with van der Waals surface area (Å²) >= 11 is 0. The lowest BCUT2D eigenvalue weighted by Gasteiger charge is -2.31. The highest BCUT2D eigenvalue weighted by molar-refractivity contribution is 6.02. The Kier molecular flexibility index (Phi) is 16.2. The molecule has 0 saturated heterocycles. The molecule has 0 spiro atoms. The number of carbonyl (C=O) groups is 2. The normalized spacial score (nSPS) is 12.7. The van der Waals surface area contributed by atoms with Crippen molar-refractivity contribution in [2.75, 3.05) is 37.3 Å². The third kappa shape index (κ3) is 10.8. The minimum Gasteiger partial charge on any atom is -0.462 e. The van der Waals surface area contributed by atoms with Crippen molar-refractivity contribution in [2.45, 2.75) is 99.3 Å². The molecule has 2 rings (SSSR count). The number of azo groups is 1. The van der Waals surface area contributed by atoms with Gasteiger partial charge in [0.1, 0.15) is 11.4 Å². The number of esters is 1. The van der Waals surface area contributed by atoms with Gasteiger partial charge in [-0.1, -0.05) is 73.1 Å². The molecule has 0 radical (unpaired) electrons. The molecule has 0 saturated carbocycles. The van der Waals surface area contributed by atoms with Gasteiger partial charge >= 0.3 is 5.97 Å². The molecule has 2 aromatic rings. The number of ether oxygens (including phenoxy) is 1. The first-order valence-electron chi connectivity index (χ1n) is 16.5. The number of anilines is 2. The lowest BCUT2D eigenvalue weighted by molar-refractivity contribution is 0.0528. The van der Waals surface area contributed by atoms with Gasteiger partial charge in [-0.2, -0.15) is 5.11 Å². The fourth-order valence-electron chi connectivity index (χ4n) is 5.20. The van der Waals surface area contributed by atoms with Crippen LogP contribution in [0.15, 0.2) is 39.3 Å². The molecule has 10 nitrogen and oxygen atoms in total. The van der Waals surface area contributed by atoms with Crippen LogP contribution in [0.3, 0.4) is 0 Å². The van der Waals surface area contributed by atoms with E-state index in [4.69, 9.17) is 10.5 Å². The summed E-state index contributed by atoms with van der Waals surface area (Å²) in [6.45, 7) is 14.6. The molecule has 44 heavy (non-hydrogen) atoms. The third-order valence-electron chi connectivity index (χ3n) is 7.96. The first-order valence-corrected chi connectivity index (χ1v) is 16.5. The van der Waals surface area contributed by atoms with E-state index in [2.05, 4.69) is 53.1 Å². The van der Waals surface area contributed by atoms with Crippen molar-refractivity contribution in [3.05, 3.63) is 45.7 Å². The van der Waals surface area contributed by atoms with Gasteiger partial charge in [0.2, 0.25) is 0 Å². The van der Waals surface area contributed by atoms with Crippen LogP contribution in [-0.4, -0.2) is 48.0 Å². The SMILES string of the molecule is CCCCC(CC)CN(CC(CC)CCCC)C(=O)c1ccc(N=Nc2c(NCCC)c(C(=O)OCC)c(N)[nH]c2=O)cc1. The van der Waals surface area contributed by atoms with Gasteiger partial charge in [0.05, 0.1) is 18.0 Å². The van der Waals surface area contributed by atoms with Crippen molar-refractivity contribution < 1.29 is 14.3 Å². The van der Waals surface area contributed by atoms with E-state index in [1.54, 1.807) is 31.2 Å². The molecule has 1 amide bonds. The molecule has 10 heteroatoms. The number of unbranched alkanes of at least 4 members (excludes halogenated alkanes) is 2. The zero-order valence-electron chi connectivity index (χ0n) is 27.7. The Morgan fingerprint density at radius 3 is 2.00 bits per heavy atom. The average Bonchev–Trinajstić information content (AvgIpc) is 3.02. The molecule has 244 valence electrons. The van der Waals surface area contributed by atoms with E-state index >= 15 is 0 Å². The molecule has 2 unspecified atom stereocenters. The number of nitrogen functional groups attached to an aromatic ring is 1. The summed E-state index contributed by atoms with van der Waals surface area (Å²) in [5, 5.41) is 11.6. The maximum Gasteiger partial charge on any atom is 0.344 e. The van der Waals surface area contributed by atoms with E-state index in [-0.39, 0.29) is 35.3 Å². The Labute approximate surface area is 263 Å². The number of hydrogen-bond acceptors (Lipinski definition) is 8. The topological polar surface area (TPSA) is 142 Å². The molecular formula is C34H54N6O4. The second kappa shape index (κ2) is 19.6. The molecule has 4 N–H and O–H groups in total.